The van der Waals surface area contributed by atoms with Crippen LogP contribution in [0.25, 0.3) is 0 Å². The minimum absolute atomic E-state index is 0.597. The first-order valence-corrected chi connectivity index (χ1v) is 8.78. The molecule has 20 heavy (non-hydrogen) atoms. The third-order valence-electron chi connectivity index (χ3n) is 2.05. The van der Waals surface area contributed by atoms with E-state index in [2.05, 4.69) is 21.1 Å². The quantitative estimate of drug-likeness (QED) is 0.498. The van der Waals surface area contributed by atoms with E-state index in [0.717, 1.165) is 5.56 Å². The summed E-state index contributed by atoms with van der Waals surface area (Å²) in [4.78, 5) is 0. The molecule has 0 amide bonds. The normalized spacial score (nSPS) is 11.4. The van der Waals surface area contributed by atoms with Crippen molar-refractivity contribution in [3.8, 4) is 0 Å². The molecular weight excluding hydrogens is 328 g/mol. The fourth-order valence-electron chi connectivity index (χ4n) is 1.12. The van der Waals surface area contributed by atoms with E-state index in [-0.39, 0.29) is 0 Å². The molecule has 0 aliphatic rings. The van der Waals surface area contributed by atoms with Crippen LogP contribution in [0, 0.1) is 0 Å². The standard InChI is InChI=1S/C12H14N4S4/c1-19-11(17)15-13-8-10(14-16-12(18)20-2)9-6-4-3-5-7-9/h3-8H,1-2H3,(H,15,17)(H,16,18)/b13-8-,14-10-. The molecule has 0 saturated heterocycles. The van der Waals surface area contributed by atoms with Crippen molar-refractivity contribution in [2.45, 2.75) is 0 Å². The van der Waals surface area contributed by atoms with Gasteiger partial charge in [0, 0.05) is 5.56 Å². The first-order valence-electron chi connectivity index (χ1n) is 5.51. The Bertz CT molecular complexity index is 513. The van der Waals surface area contributed by atoms with E-state index >= 15 is 0 Å². The van der Waals surface area contributed by atoms with E-state index in [9.17, 15) is 0 Å². The topological polar surface area (TPSA) is 48.8 Å². The van der Waals surface area contributed by atoms with Gasteiger partial charge >= 0.3 is 0 Å². The molecular formula is C12H14N4S4. The number of benzene rings is 1. The summed E-state index contributed by atoms with van der Waals surface area (Å²) in [5.41, 5.74) is 7.16. The molecule has 4 nitrogen and oxygen atoms in total. The highest BCUT2D eigenvalue weighted by Crippen LogP contribution is 2.01. The second-order valence-corrected chi connectivity index (χ2v) is 6.29. The molecule has 0 fully saturated rings. The highest BCUT2D eigenvalue weighted by Gasteiger charge is 2.01. The van der Waals surface area contributed by atoms with Gasteiger partial charge < -0.3 is 0 Å². The first kappa shape index (κ1) is 17.1. The lowest BCUT2D eigenvalue weighted by Crippen LogP contribution is -2.18. The summed E-state index contributed by atoms with van der Waals surface area (Å²) < 4.78 is 1.20. The number of hydrogen-bond donors (Lipinski definition) is 2. The molecule has 0 saturated carbocycles. The number of nitrogens with zero attached hydrogens (tertiary/aromatic N) is 2. The van der Waals surface area contributed by atoms with Crippen molar-refractivity contribution in [3.05, 3.63) is 35.9 Å². The maximum atomic E-state index is 5.06. The summed E-state index contributed by atoms with van der Waals surface area (Å²) in [6.45, 7) is 0. The number of hydrogen-bond acceptors (Lipinski definition) is 6. The van der Waals surface area contributed by atoms with E-state index in [4.69, 9.17) is 24.4 Å². The van der Waals surface area contributed by atoms with Gasteiger partial charge in [-0.2, -0.15) is 10.2 Å². The molecule has 0 radical (unpaired) electrons. The van der Waals surface area contributed by atoms with Crippen LogP contribution in [0.4, 0.5) is 0 Å². The summed E-state index contributed by atoms with van der Waals surface area (Å²) in [5, 5.41) is 8.32. The summed E-state index contributed by atoms with van der Waals surface area (Å²) in [6, 6.07) is 9.71. The van der Waals surface area contributed by atoms with Gasteiger partial charge in [-0.15, -0.1) is 0 Å². The fraction of sp³-hybridized carbons (Fsp3) is 0.167. The van der Waals surface area contributed by atoms with Crippen LogP contribution >= 0.6 is 48.0 Å². The summed E-state index contributed by atoms with van der Waals surface area (Å²) in [7, 11) is 0. The molecule has 0 aliphatic heterocycles. The molecule has 8 heteroatoms. The number of rotatable bonds is 4. The van der Waals surface area contributed by atoms with Crippen LogP contribution in [-0.2, 0) is 0 Å². The smallest absolute Gasteiger partial charge is 0.153 e. The Labute approximate surface area is 137 Å². The third-order valence-corrected chi connectivity index (χ3v) is 4.16. The second kappa shape index (κ2) is 9.87. The number of nitrogens with one attached hydrogen (secondary N) is 2. The van der Waals surface area contributed by atoms with E-state index in [1.165, 1.54) is 23.5 Å². The van der Waals surface area contributed by atoms with Gasteiger partial charge in [0.15, 0.2) is 8.64 Å². The van der Waals surface area contributed by atoms with Crippen LogP contribution in [0.5, 0.6) is 0 Å². The van der Waals surface area contributed by atoms with Crippen LogP contribution in [0.2, 0.25) is 0 Å². The lowest BCUT2D eigenvalue weighted by molar-refractivity contribution is 1.06. The Hall–Kier alpha value is -0.960. The molecule has 0 heterocycles. The average molecular weight is 343 g/mol. The fourth-order valence-corrected chi connectivity index (χ4v) is 1.50. The van der Waals surface area contributed by atoms with Gasteiger partial charge in [0.25, 0.3) is 0 Å². The zero-order valence-electron chi connectivity index (χ0n) is 11.0. The molecule has 0 spiro atoms. The number of thioether (sulfide) groups is 2. The van der Waals surface area contributed by atoms with Gasteiger partial charge in [0.2, 0.25) is 0 Å². The van der Waals surface area contributed by atoms with Crippen molar-refractivity contribution in [1.29, 1.82) is 0 Å². The predicted molar refractivity (Wildman–Crippen MR) is 100.0 cm³/mol. The molecule has 0 aliphatic carbocycles. The van der Waals surface area contributed by atoms with Gasteiger partial charge in [-0.25, -0.2) is 0 Å². The van der Waals surface area contributed by atoms with Gasteiger partial charge in [0.1, 0.15) is 5.71 Å². The summed E-state index contributed by atoms with van der Waals surface area (Å²) >= 11 is 12.9. The van der Waals surface area contributed by atoms with Crippen LogP contribution in [0.3, 0.4) is 0 Å². The highest BCUT2D eigenvalue weighted by molar-refractivity contribution is 8.22. The lowest BCUT2D eigenvalue weighted by atomic mass is 10.1. The molecule has 0 aromatic heterocycles. The van der Waals surface area contributed by atoms with Gasteiger partial charge in [-0.1, -0.05) is 78.3 Å². The second-order valence-electron chi connectivity index (χ2n) is 3.33. The molecule has 0 atom stereocenters. The van der Waals surface area contributed by atoms with E-state index < -0.39 is 0 Å². The highest BCUT2D eigenvalue weighted by atomic mass is 32.2. The molecule has 0 bridgehead atoms. The van der Waals surface area contributed by atoms with Crippen molar-refractivity contribution in [3.63, 3.8) is 0 Å². The molecule has 1 rings (SSSR count). The van der Waals surface area contributed by atoms with Crippen molar-refractivity contribution in [2.75, 3.05) is 12.5 Å². The van der Waals surface area contributed by atoms with Crippen LogP contribution in [-0.4, -0.2) is 33.1 Å². The Morgan fingerprint density at radius 2 is 1.65 bits per heavy atom. The monoisotopic (exact) mass is 342 g/mol. The largest absolute Gasteiger partial charge is 0.262 e. The van der Waals surface area contributed by atoms with Gasteiger partial charge in [-0.3, -0.25) is 10.9 Å². The lowest BCUT2D eigenvalue weighted by Gasteiger charge is -2.03. The summed E-state index contributed by atoms with van der Waals surface area (Å²) in [6.07, 6.45) is 5.38. The van der Waals surface area contributed by atoms with E-state index in [1.807, 2.05) is 42.8 Å². The predicted octanol–water partition coefficient (Wildman–Crippen LogP) is 2.85. The molecule has 1 aromatic carbocycles. The maximum absolute atomic E-state index is 5.06. The minimum atomic E-state index is 0.597. The van der Waals surface area contributed by atoms with Gasteiger partial charge in [0.05, 0.1) is 6.21 Å². The SMILES string of the molecule is CSC(=S)N/N=C\C(=N\NC(=S)SC)c1ccccc1. The van der Waals surface area contributed by atoms with E-state index in [1.54, 1.807) is 6.21 Å². The Kier molecular flexibility index (Phi) is 8.43. The first-order chi connectivity index (χ1) is 9.67. The van der Waals surface area contributed by atoms with E-state index in [0.29, 0.717) is 14.4 Å². The van der Waals surface area contributed by atoms with Crippen molar-refractivity contribution in [2.24, 2.45) is 10.2 Å². The molecule has 2 N–H and O–H groups in total. The Morgan fingerprint density at radius 1 is 1.05 bits per heavy atom. The zero-order chi connectivity index (χ0) is 14.8. The summed E-state index contributed by atoms with van der Waals surface area (Å²) in [5.74, 6) is 0. The minimum Gasteiger partial charge on any atom is -0.262 e. The third kappa shape index (κ3) is 6.47. The molecule has 1 aromatic rings. The molecule has 106 valence electrons. The zero-order valence-corrected chi connectivity index (χ0v) is 14.3. The van der Waals surface area contributed by atoms with Crippen molar-refractivity contribution < 1.29 is 0 Å². The van der Waals surface area contributed by atoms with Crippen LogP contribution < -0.4 is 10.9 Å². The Balaban J connectivity index is 2.85. The van der Waals surface area contributed by atoms with Crippen LogP contribution in [0.15, 0.2) is 40.5 Å². The van der Waals surface area contributed by atoms with Crippen molar-refractivity contribution in [1.82, 2.24) is 10.9 Å². The number of hydrazone groups is 2. The van der Waals surface area contributed by atoms with Crippen molar-refractivity contribution >= 4 is 68.5 Å². The Morgan fingerprint density at radius 3 is 2.25 bits per heavy atom. The molecule has 0 unspecified atom stereocenters. The maximum Gasteiger partial charge on any atom is 0.153 e. The average Bonchev–Trinajstić information content (AvgIpc) is 2.50. The van der Waals surface area contributed by atoms with Crippen LogP contribution in [0.1, 0.15) is 5.56 Å². The van der Waals surface area contributed by atoms with Gasteiger partial charge in [-0.05, 0) is 12.5 Å². The number of thiocarbonyl (C=S) groups is 2.